The first-order chi connectivity index (χ1) is 12.1. The lowest BCUT2D eigenvalue weighted by atomic mass is 10.1. The Morgan fingerprint density at radius 1 is 1.12 bits per heavy atom. The molecule has 0 aromatic heterocycles. The molecule has 4 nitrogen and oxygen atoms in total. The van der Waals surface area contributed by atoms with Crippen molar-refractivity contribution in [3.8, 4) is 0 Å². The van der Waals surface area contributed by atoms with Gasteiger partial charge in [-0.05, 0) is 35.2 Å². The van der Waals surface area contributed by atoms with E-state index in [1.807, 2.05) is 41.3 Å². The van der Waals surface area contributed by atoms with Crippen molar-refractivity contribution < 1.29 is 9.59 Å². The van der Waals surface area contributed by atoms with Crippen molar-refractivity contribution in [1.82, 2.24) is 10.2 Å². The summed E-state index contributed by atoms with van der Waals surface area (Å²) in [5, 5.41) is 3.59. The Labute approximate surface area is 152 Å². The van der Waals surface area contributed by atoms with Gasteiger partial charge in [0.1, 0.15) is 0 Å². The third-order valence-electron chi connectivity index (χ3n) is 4.38. The number of hydrogen-bond donors (Lipinski definition) is 1. The predicted octanol–water partition coefficient (Wildman–Crippen LogP) is 3.32. The summed E-state index contributed by atoms with van der Waals surface area (Å²) in [7, 11) is 0. The summed E-state index contributed by atoms with van der Waals surface area (Å²) in [4.78, 5) is 25.9. The summed E-state index contributed by atoms with van der Waals surface area (Å²) in [6, 6.07) is 15.2. The summed E-state index contributed by atoms with van der Waals surface area (Å²) in [5.74, 6) is 0.161. The number of halogens is 1. The van der Waals surface area contributed by atoms with Crippen LogP contribution >= 0.6 is 11.6 Å². The van der Waals surface area contributed by atoms with Crippen molar-refractivity contribution >= 4 is 23.4 Å². The van der Waals surface area contributed by atoms with Gasteiger partial charge in [0.2, 0.25) is 11.8 Å². The van der Waals surface area contributed by atoms with Crippen LogP contribution < -0.4 is 5.32 Å². The van der Waals surface area contributed by atoms with Gasteiger partial charge in [0.25, 0.3) is 0 Å². The monoisotopic (exact) mass is 356 g/mol. The maximum atomic E-state index is 12.2. The van der Waals surface area contributed by atoms with Gasteiger partial charge in [0, 0.05) is 31.1 Å². The molecular formula is C20H21ClN2O2. The molecule has 1 N–H and O–H groups in total. The normalized spacial score (nSPS) is 14.0. The van der Waals surface area contributed by atoms with E-state index in [0.717, 1.165) is 29.7 Å². The highest BCUT2D eigenvalue weighted by molar-refractivity contribution is 6.30. The Morgan fingerprint density at radius 3 is 2.64 bits per heavy atom. The number of nitrogens with one attached hydrogen (secondary N) is 1. The third kappa shape index (κ3) is 4.83. The minimum atomic E-state index is -0.0469. The maximum absolute atomic E-state index is 12.2. The van der Waals surface area contributed by atoms with Crippen LogP contribution in [-0.4, -0.2) is 23.3 Å². The standard InChI is InChI=1S/C20H21ClN2O2/c21-18-8-3-5-15(11-18)12-19(24)22-13-16-6-1-2-7-17(16)14-23-10-4-9-20(23)25/h1-3,5-8,11H,4,9-10,12-14H2,(H,22,24). The van der Waals surface area contributed by atoms with Crippen LogP contribution in [-0.2, 0) is 29.1 Å². The number of nitrogens with zero attached hydrogens (tertiary/aromatic N) is 1. The number of hydrogen-bond acceptors (Lipinski definition) is 2. The second-order valence-electron chi connectivity index (χ2n) is 6.27. The minimum absolute atomic E-state index is 0.0469. The van der Waals surface area contributed by atoms with Crippen LogP contribution in [0.5, 0.6) is 0 Å². The molecule has 25 heavy (non-hydrogen) atoms. The van der Waals surface area contributed by atoms with E-state index in [2.05, 4.69) is 5.32 Å². The van der Waals surface area contributed by atoms with Crippen molar-refractivity contribution in [2.45, 2.75) is 32.4 Å². The van der Waals surface area contributed by atoms with Crippen LogP contribution in [0.25, 0.3) is 0 Å². The predicted molar refractivity (Wildman–Crippen MR) is 98.1 cm³/mol. The molecule has 1 aliphatic heterocycles. The second-order valence-corrected chi connectivity index (χ2v) is 6.71. The Morgan fingerprint density at radius 2 is 1.92 bits per heavy atom. The van der Waals surface area contributed by atoms with E-state index >= 15 is 0 Å². The van der Waals surface area contributed by atoms with Crippen LogP contribution in [0.4, 0.5) is 0 Å². The number of likely N-dealkylation sites (tertiary alicyclic amines) is 1. The average Bonchev–Trinajstić information content (AvgIpc) is 2.99. The molecule has 3 rings (SSSR count). The molecule has 1 aliphatic rings. The number of benzene rings is 2. The fourth-order valence-corrected chi connectivity index (χ4v) is 3.26. The van der Waals surface area contributed by atoms with Gasteiger partial charge in [0.05, 0.1) is 6.42 Å². The molecule has 0 radical (unpaired) electrons. The summed E-state index contributed by atoms with van der Waals surface area (Å²) in [6.45, 7) is 1.88. The van der Waals surface area contributed by atoms with E-state index in [0.29, 0.717) is 31.0 Å². The van der Waals surface area contributed by atoms with Crippen molar-refractivity contribution in [3.05, 3.63) is 70.2 Å². The summed E-state index contributed by atoms with van der Waals surface area (Å²) in [6.07, 6.45) is 1.86. The molecule has 0 atom stereocenters. The highest BCUT2D eigenvalue weighted by Gasteiger charge is 2.20. The number of carbonyl (C=O) groups excluding carboxylic acids is 2. The number of amides is 2. The van der Waals surface area contributed by atoms with Crippen molar-refractivity contribution in [2.24, 2.45) is 0 Å². The van der Waals surface area contributed by atoms with Crippen molar-refractivity contribution in [3.63, 3.8) is 0 Å². The van der Waals surface area contributed by atoms with E-state index in [4.69, 9.17) is 11.6 Å². The van der Waals surface area contributed by atoms with E-state index in [1.165, 1.54) is 0 Å². The second kappa shape index (κ2) is 8.17. The van der Waals surface area contributed by atoms with Crippen molar-refractivity contribution in [2.75, 3.05) is 6.54 Å². The lowest BCUT2D eigenvalue weighted by Gasteiger charge is -2.18. The van der Waals surface area contributed by atoms with Gasteiger partial charge >= 0.3 is 0 Å². The first-order valence-electron chi connectivity index (χ1n) is 8.47. The Bertz CT molecular complexity index is 776. The quantitative estimate of drug-likeness (QED) is 0.863. The highest BCUT2D eigenvalue weighted by Crippen LogP contribution is 2.17. The first kappa shape index (κ1) is 17.5. The van der Waals surface area contributed by atoms with E-state index in [1.54, 1.807) is 12.1 Å². The number of rotatable bonds is 6. The van der Waals surface area contributed by atoms with Gasteiger partial charge in [-0.15, -0.1) is 0 Å². The average molecular weight is 357 g/mol. The minimum Gasteiger partial charge on any atom is -0.352 e. The molecule has 2 aromatic rings. The molecular weight excluding hydrogens is 336 g/mol. The number of carbonyl (C=O) groups is 2. The SMILES string of the molecule is O=C(Cc1cccc(Cl)c1)NCc1ccccc1CN1CCCC1=O. The van der Waals surface area contributed by atoms with Gasteiger partial charge in [-0.3, -0.25) is 9.59 Å². The van der Waals surface area contributed by atoms with Crippen molar-refractivity contribution in [1.29, 1.82) is 0 Å². The molecule has 0 unspecified atom stereocenters. The van der Waals surface area contributed by atoms with Crippen LogP contribution in [0.15, 0.2) is 48.5 Å². The zero-order chi connectivity index (χ0) is 17.6. The van der Waals surface area contributed by atoms with Crippen LogP contribution in [0.3, 0.4) is 0 Å². The van der Waals surface area contributed by atoms with Gasteiger partial charge in [-0.2, -0.15) is 0 Å². The van der Waals surface area contributed by atoms with Crippen LogP contribution in [0.2, 0.25) is 5.02 Å². The summed E-state index contributed by atoms with van der Waals surface area (Å²) in [5.41, 5.74) is 3.02. The first-order valence-corrected chi connectivity index (χ1v) is 8.85. The third-order valence-corrected chi connectivity index (χ3v) is 4.62. The highest BCUT2D eigenvalue weighted by atomic mass is 35.5. The molecule has 130 valence electrons. The fraction of sp³-hybridized carbons (Fsp3) is 0.300. The molecule has 0 saturated carbocycles. The summed E-state index contributed by atoms with van der Waals surface area (Å²) >= 11 is 5.95. The van der Waals surface area contributed by atoms with Crippen LogP contribution in [0.1, 0.15) is 29.5 Å². The topological polar surface area (TPSA) is 49.4 Å². The smallest absolute Gasteiger partial charge is 0.224 e. The zero-order valence-electron chi connectivity index (χ0n) is 14.0. The van der Waals surface area contributed by atoms with E-state index in [-0.39, 0.29) is 11.8 Å². The Hall–Kier alpha value is -2.33. The zero-order valence-corrected chi connectivity index (χ0v) is 14.8. The molecule has 2 amide bonds. The molecule has 0 aliphatic carbocycles. The molecule has 5 heteroatoms. The van der Waals surface area contributed by atoms with Gasteiger partial charge < -0.3 is 10.2 Å². The van der Waals surface area contributed by atoms with Gasteiger partial charge in [-0.25, -0.2) is 0 Å². The Balaban J connectivity index is 1.59. The lowest BCUT2D eigenvalue weighted by molar-refractivity contribution is -0.128. The molecule has 2 aromatic carbocycles. The fourth-order valence-electron chi connectivity index (χ4n) is 3.05. The largest absolute Gasteiger partial charge is 0.352 e. The molecule has 0 spiro atoms. The lowest BCUT2D eigenvalue weighted by Crippen LogP contribution is -2.27. The molecule has 1 saturated heterocycles. The maximum Gasteiger partial charge on any atom is 0.224 e. The summed E-state index contributed by atoms with van der Waals surface area (Å²) < 4.78 is 0. The van der Waals surface area contributed by atoms with Crippen LogP contribution in [0, 0.1) is 0 Å². The van der Waals surface area contributed by atoms with Gasteiger partial charge in [-0.1, -0.05) is 48.0 Å². The van der Waals surface area contributed by atoms with E-state index < -0.39 is 0 Å². The molecule has 1 heterocycles. The van der Waals surface area contributed by atoms with Gasteiger partial charge in [0.15, 0.2) is 0 Å². The van der Waals surface area contributed by atoms with E-state index in [9.17, 15) is 9.59 Å². The molecule has 1 fully saturated rings. The molecule has 0 bridgehead atoms. The Kier molecular flexibility index (Phi) is 5.71.